The van der Waals surface area contributed by atoms with Gasteiger partial charge in [-0.3, -0.25) is 5.43 Å². The van der Waals surface area contributed by atoms with Gasteiger partial charge < -0.3 is 4.57 Å². The lowest BCUT2D eigenvalue weighted by Gasteiger charge is -2.06. The van der Waals surface area contributed by atoms with Crippen LogP contribution < -0.4 is 5.43 Å². The second kappa shape index (κ2) is 6.70. The van der Waals surface area contributed by atoms with Crippen molar-refractivity contribution in [3.63, 3.8) is 0 Å². The molecule has 0 atom stereocenters. The highest BCUT2D eigenvalue weighted by Crippen LogP contribution is 2.32. The summed E-state index contributed by atoms with van der Waals surface area (Å²) in [4.78, 5) is 4.44. The highest BCUT2D eigenvalue weighted by molar-refractivity contribution is 6.44. The van der Waals surface area contributed by atoms with Crippen LogP contribution in [0.15, 0.2) is 41.5 Å². The number of hydrogen-bond donors (Lipinski definition) is 1. The Kier molecular flexibility index (Phi) is 4.63. The Balaban J connectivity index is 1.99. The number of aryl methyl sites for hydroxylation is 1. The number of aromatic nitrogens is 2. The Labute approximate surface area is 153 Å². The van der Waals surface area contributed by atoms with Gasteiger partial charge in [-0.2, -0.15) is 10.4 Å². The van der Waals surface area contributed by atoms with E-state index in [4.69, 9.17) is 34.8 Å². The third kappa shape index (κ3) is 3.04. The van der Waals surface area contributed by atoms with Crippen LogP contribution in [0.3, 0.4) is 0 Å². The summed E-state index contributed by atoms with van der Waals surface area (Å²) < 4.78 is 1.80. The van der Waals surface area contributed by atoms with Crippen molar-refractivity contribution in [3.05, 3.63) is 57.3 Å². The molecule has 0 unspecified atom stereocenters. The van der Waals surface area contributed by atoms with Gasteiger partial charge in [-0.15, -0.1) is 0 Å². The van der Waals surface area contributed by atoms with Crippen LogP contribution in [0.4, 0.5) is 5.69 Å². The second-order valence-electron chi connectivity index (χ2n) is 4.91. The predicted molar refractivity (Wildman–Crippen MR) is 98.0 cm³/mol. The van der Waals surface area contributed by atoms with Crippen LogP contribution in [0.25, 0.3) is 11.0 Å². The average Bonchev–Trinajstić information content (AvgIpc) is 2.90. The fraction of sp³-hybridized carbons (Fsp3) is 0.0625. The number of nitrogens with one attached hydrogen (secondary N) is 1. The van der Waals surface area contributed by atoms with Crippen LogP contribution in [0.5, 0.6) is 0 Å². The minimum Gasteiger partial charge on any atom is -0.325 e. The largest absolute Gasteiger partial charge is 0.325 e. The smallest absolute Gasteiger partial charge is 0.203 e. The first-order valence-electron chi connectivity index (χ1n) is 6.81. The van der Waals surface area contributed by atoms with Gasteiger partial charge >= 0.3 is 0 Å². The molecule has 120 valence electrons. The minimum atomic E-state index is 0.121. The number of benzene rings is 2. The van der Waals surface area contributed by atoms with E-state index in [0.717, 1.165) is 11.0 Å². The molecule has 0 amide bonds. The van der Waals surface area contributed by atoms with Gasteiger partial charge in [0.05, 0.1) is 31.8 Å². The maximum Gasteiger partial charge on any atom is 0.203 e. The number of imidazole rings is 1. The minimum absolute atomic E-state index is 0.121. The van der Waals surface area contributed by atoms with Crippen LogP contribution >= 0.6 is 34.8 Å². The molecule has 24 heavy (non-hydrogen) atoms. The molecule has 1 N–H and O–H groups in total. The first kappa shape index (κ1) is 16.6. The Bertz CT molecular complexity index is 1000. The molecule has 2 aromatic carbocycles. The molecule has 3 rings (SSSR count). The summed E-state index contributed by atoms with van der Waals surface area (Å²) in [5, 5.41) is 14.5. The topological polar surface area (TPSA) is 66.0 Å². The van der Waals surface area contributed by atoms with Gasteiger partial charge in [0, 0.05) is 7.05 Å². The van der Waals surface area contributed by atoms with Crippen LogP contribution in [0.1, 0.15) is 5.82 Å². The summed E-state index contributed by atoms with van der Waals surface area (Å²) >= 11 is 18.0. The van der Waals surface area contributed by atoms with Crippen LogP contribution in [0.2, 0.25) is 15.1 Å². The van der Waals surface area contributed by atoms with E-state index in [9.17, 15) is 5.26 Å². The Morgan fingerprint density at radius 1 is 1.17 bits per heavy atom. The van der Waals surface area contributed by atoms with E-state index in [2.05, 4.69) is 15.5 Å². The SMILES string of the molecule is Cn1c(C(C#N)=NNc2cc(Cl)c(Cl)cc2Cl)nc2ccccc21. The first-order valence-corrected chi connectivity index (χ1v) is 7.95. The molecular formula is C16H10Cl3N5. The Morgan fingerprint density at radius 3 is 2.58 bits per heavy atom. The van der Waals surface area contributed by atoms with Crippen molar-refractivity contribution in [1.29, 1.82) is 5.26 Å². The molecule has 0 saturated carbocycles. The molecule has 0 saturated heterocycles. The number of fused-ring (bicyclic) bond motifs is 1. The number of halogens is 3. The van der Waals surface area contributed by atoms with Crippen LogP contribution in [-0.2, 0) is 7.05 Å². The van der Waals surface area contributed by atoms with Crippen molar-refractivity contribution in [2.45, 2.75) is 0 Å². The zero-order chi connectivity index (χ0) is 17.3. The molecule has 3 aromatic rings. The summed E-state index contributed by atoms with van der Waals surface area (Å²) in [7, 11) is 1.82. The van der Waals surface area contributed by atoms with Gasteiger partial charge in [0.25, 0.3) is 0 Å². The van der Waals surface area contributed by atoms with Crippen molar-refractivity contribution < 1.29 is 0 Å². The maximum absolute atomic E-state index is 9.42. The van der Waals surface area contributed by atoms with Crippen molar-refractivity contribution in [1.82, 2.24) is 9.55 Å². The van der Waals surface area contributed by atoms with E-state index in [-0.39, 0.29) is 5.71 Å². The molecule has 0 aliphatic rings. The third-order valence-corrected chi connectivity index (χ3v) is 4.44. The zero-order valence-electron chi connectivity index (χ0n) is 12.4. The predicted octanol–water partition coefficient (Wildman–Crippen LogP) is 4.87. The monoisotopic (exact) mass is 377 g/mol. The van der Waals surface area contributed by atoms with Crippen molar-refractivity contribution in [2.24, 2.45) is 12.1 Å². The van der Waals surface area contributed by atoms with E-state index in [1.54, 1.807) is 10.6 Å². The number of anilines is 1. The van der Waals surface area contributed by atoms with E-state index < -0.39 is 0 Å². The number of rotatable bonds is 3. The highest BCUT2D eigenvalue weighted by Gasteiger charge is 2.14. The number of hydrazone groups is 1. The molecule has 0 bridgehead atoms. The standard InChI is InChI=1S/C16H10Cl3N5/c1-24-15-5-3-2-4-12(15)21-16(24)14(8-20)23-22-13-7-10(18)9(17)6-11(13)19/h2-7,22H,1H3. The molecule has 0 aliphatic carbocycles. The molecular weight excluding hydrogens is 369 g/mol. The number of nitriles is 1. The molecule has 5 nitrogen and oxygen atoms in total. The summed E-state index contributed by atoms with van der Waals surface area (Å²) in [6.45, 7) is 0. The lowest BCUT2D eigenvalue weighted by molar-refractivity contribution is 0.930. The van der Waals surface area contributed by atoms with Crippen LogP contribution in [0, 0.1) is 11.3 Å². The average molecular weight is 379 g/mol. The molecule has 0 fully saturated rings. The van der Waals surface area contributed by atoms with E-state index >= 15 is 0 Å². The Morgan fingerprint density at radius 2 is 1.88 bits per heavy atom. The molecule has 1 aromatic heterocycles. The van der Waals surface area contributed by atoms with Gasteiger partial charge in [0.15, 0.2) is 5.82 Å². The third-order valence-electron chi connectivity index (χ3n) is 3.40. The number of hydrogen-bond acceptors (Lipinski definition) is 4. The molecule has 0 spiro atoms. The summed E-state index contributed by atoms with van der Waals surface area (Å²) in [6.07, 6.45) is 0. The molecule has 0 radical (unpaired) electrons. The highest BCUT2D eigenvalue weighted by atomic mass is 35.5. The van der Waals surface area contributed by atoms with Crippen LogP contribution in [-0.4, -0.2) is 15.3 Å². The Hall–Kier alpha value is -2.26. The van der Waals surface area contributed by atoms with Crippen molar-refractivity contribution >= 4 is 57.2 Å². The summed E-state index contributed by atoms with van der Waals surface area (Å²) in [6, 6.07) is 12.7. The maximum atomic E-state index is 9.42. The lowest BCUT2D eigenvalue weighted by atomic mass is 10.3. The summed E-state index contributed by atoms with van der Waals surface area (Å²) in [5.41, 5.74) is 4.99. The second-order valence-corrected chi connectivity index (χ2v) is 6.13. The van der Waals surface area contributed by atoms with E-state index in [1.165, 1.54) is 6.07 Å². The van der Waals surface area contributed by atoms with Crippen molar-refractivity contribution in [3.8, 4) is 6.07 Å². The fourth-order valence-electron chi connectivity index (χ4n) is 2.21. The van der Waals surface area contributed by atoms with Gasteiger partial charge in [-0.1, -0.05) is 46.9 Å². The molecule has 0 aliphatic heterocycles. The summed E-state index contributed by atoms with van der Waals surface area (Å²) in [5.74, 6) is 0.447. The quantitative estimate of drug-likeness (QED) is 0.401. The first-order chi connectivity index (χ1) is 11.5. The van der Waals surface area contributed by atoms with Gasteiger partial charge in [-0.05, 0) is 24.3 Å². The van der Waals surface area contributed by atoms with Gasteiger partial charge in [0.1, 0.15) is 6.07 Å². The molecule has 1 heterocycles. The lowest BCUT2D eigenvalue weighted by Crippen LogP contribution is -2.09. The zero-order valence-corrected chi connectivity index (χ0v) is 14.7. The normalized spacial score (nSPS) is 11.5. The van der Waals surface area contributed by atoms with E-state index in [1.807, 2.05) is 37.4 Å². The number of para-hydroxylation sites is 2. The van der Waals surface area contributed by atoms with Gasteiger partial charge in [-0.25, -0.2) is 4.98 Å². The van der Waals surface area contributed by atoms with E-state index in [0.29, 0.717) is 26.6 Å². The molecule has 8 heteroatoms. The fourth-order valence-corrected chi connectivity index (χ4v) is 2.80. The van der Waals surface area contributed by atoms with Gasteiger partial charge in [0.2, 0.25) is 5.71 Å². The number of nitrogens with zero attached hydrogens (tertiary/aromatic N) is 4. The van der Waals surface area contributed by atoms with Crippen molar-refractivity contribution in [2.75, 3.05) is 5.43 Å².